The smallest absolute Gasteiger partial charge is 0.185 e. The van der Waals surface area contributed by atoms with Gasteiger partial charge in [0.1, 0.15) is 0 Å². The van der Waals surface area contributed by atoms with Gasteiger partial charge in [0.25, 0.3) is 0 Å². The Morgan fingerprint density at radius 1 is 1.45 bits per heavy atom. The van der Waals surface area contributed by atoms with Crippen molar-refractivity contribution in [3.63, 3.8) is 0 Å². The van der Waals surface area contributed by atoms with Crippen LogP contribution in [0.25, 0.3) is 0 Å². The zero-order valence-electron chi connectivity index (χ0n) is 13.0. The summed E-state index contributed by atoms with van der Waals surface area (Å²) in [5.41, 5.74) is 1.06. The van der Waals surface area contributed by atoms with Gasteiger partial charge in [-0.1, -0.05) is 20.8 Å². The minimum atomic E-state index is -0.290. The summed E-state index contributed by atoms with van der Waals surface area (Å²) in [6.45, 7) is 11.1. The van der Waals surface area contributed by atoms with Gasteiger partial charge in [-0.3, -0.25) is 0 Å². The molecule has 0 amide bonds. The third kappa shape index (κ3) is 4.17. The summed E-state index contributed by atoms with van der Waals surface area (Å²) in [6, 6.07) is 0.518. The molecule has 1 unspecified atom stereocenters. The van der Waals surface area contributed by atoms with Crippen molar-refractivity contribution in [1.29, 1.82) is 0 Å². The number of aliphatic hydroxyl groups is 1. The highest BCUT2D eigenvalue weighted by Gasteiger charge is 2.25. The van der Waals surface area contributed by atoms with E-state index in [2.05, 4.69) is 41.4 Å². The Kier molecular flexibility index (Phi) is 5.04. The number of nitrogens with one attached hydrogen (secondary N) is 1. The molecule has 0 spiro atoms. The monoisotopic (exact) mass is 297 g/mol. The maximum absolute atomic E-state index is 10.1. The van der Waals surface area contributed by atoms with Crippen LogP contribution in [0.3, 0.4) is 0 Å². The van der Waals surface area contributed by atoms with E-state index in [0.717, 1.165) is 36.8 Å². The molecule has 0 saturated carbocycles. The van der Waals surface area contributed by atoms with Gasteiger partial charge < -0.3 is 15.3 Å². The van der Waals surface area contributed by atoms with Gasteiger partial charge in [-0.25, -0.2) is 4.98 Å². The lowest BCUT2D eigenvalue weighted by molar-refractivity contribution is 0.0596. The topological polar surface area (TPSA) is 48.4 Å². The second-order valence-electron chi connectivity index (χ2n) is 6.82. The zero-order chi connectivity index (χ0) is 14.8. The van der Waals surface area contributed by atoms with Gasteiger partial charge in [0.15, 0.2) is 5.13 Å². The van der Waals surface area contributed by atoms with E-state index in [1.54, 1.807) is 11.3 Å². The third-order valence-corrected chi connectivity index (χ3v) is 4.99. The van der Waals surface area contributed by atoms with Crippen LogP contribution in [0.15, 0.2) is 5.38 Å². The molecule has 20 heavy (non-hydrogen) atoms. The Hall–Kier alpha value is -0.650. The van der Waals surface area contributed by atoms with Crippen LogP contribution in [0, 0.1) is 12.3 Å². The molecule has 2 heterocycles. The first-order valence-electron chi connectivity index (χ1n) is 7.45. The van der Waals surface area contributed by atoms with Gasteiger partial charge in [0.2, 0.25) is 0 Å². The van der Waals surface area contributed by atoms with Crippen molar-refractivity contribution >= 4 is 16.5 Å². The molecule has 1 aromatic heterocycles. The Bertz CT molecular complexity index is 419. The molecular formula is C15H27N3OS. The molecule has 0 aliphatic carbocycles. The predicted octanol–water partition coefficient (Wildman–Crippen LogP) is 2.42. The molecule has 2 N–H and O–H groups in total. The average Bonchev–Trinajstić information content (AvgIpc) is 2.82. The maximum Gasteiger partial charge on any atom is 0.185 e. The second kappa shape index (κ2) is 6.41. The van der Waals surface area contributed by atoms with Gasteiger partial charge in [0.05, 0.1) is 11.8 Å². The SMILES string of the molecule is Cc1csc(N2CCC(NCC(O)C(C)(C)C)CC2)n1. The predicted molar refractivity (Wildman–Crippen MR) is 85.6 cm³/mol. The lowest BCUT2D eigenvalue weighted by Crippen LogP contribution is -2.46. The van der Waals surface area contributed by atoms with Gasteiger partial charge >= 0.3 is 0 Å². The number of anilines is 1. The van der Waals surface area contributed by atoms with Crippen LogP contribution in [0.4, 0.5) is 5.13 Å². The Morgan fingerprint density at radius 2 is 2.10 bits per heavy atom. The Labute approximate surface area is 126 Å². The summed E-state index contributed by atoms with van der Waals surface area (Å²) in [7, 11) is 0. The summed E-state index contributed by atoms with van der Waals surface area (Å²) in [5.74, 6) is 0. The van der Waals surface area contributed by atoms with E-state index in [1.807, 2.05) is 6.92 Å². The number of nitrogens with zero attached hydrogens (tertiary/aromatic N) is 2. The van der Waals surface area contributed by atoms with E-state index in [-0.39, 0.29) is 11.5 Å². The number of aromatic nitrogens is 1. The van der Waals surface area contributed by atoms with Gasteiger partial charge in [0, 0.05) is 31.1 Å². The third-order valence-electron chi connectivity index (χ3n) is 3.97. The summed E-state index contributed by atoms with van der Waals surface area (Å²) < 4.78 is 0. The van der Waals surface area contributed by atoms with Crippen molar-refractivity contribution in [2.75, 3.05) is 24.5 Å². The standard InChI is InChI=1S/C15H27N3OS/c1-11-10-20-14(17-11)18-7-5-12(6-8-18)16-9-13(19)15(2,3)4/h10,12-13,16,19H,5-9H2,1-4H3. The summed E-state index contributed by atoms with van der Waals surface area (Å²) >= 11 is 1.73. The molecule has 1 fully saturated rings. The highest BCUT2D eigenvalue weighted by molar-refractivity contribution is 7.13. The minimum absolute atomic E-state index is 0.0495. The Morgan fingerprint density at radius 3 is 2.60 bits per heavy atom. The molecule has 114 valence electrons. The summed E-state index contributed by atoms with van der Waals surface area (Å²) in [6.07, 6.45) is 1.95. The van der Waals surface area contributed by atoms with Crippen LogP contribution in [-0.2, 0) is 0 Å². The molecule has 1 aliphatic rings. The molecule has 1 aliphatic heterocycles. The zero-order valence-corrected chi connectivity index (χ0v) is 13.8. The first kappa shape index (κ1) is 15.7. The highest BCUT2D eigenvalue weighted by atomic mass is 32.1. The second-order valence-corrected chi connectivity index (χ2v) is 7.66. The average molecular weight is 297 g/mol. The molecule has 0 radical (unpaired) electrons. The Balaban J connectivity index is 1.74. The number of piperidine rings is 1. The molecule has 1 atom stereocenters. The number of aryl methyl sites for hydroxylation is 1. The van der Waals surface area contributed by atoms with Gasteiger partial charge in [-0.05, 0) is 25.2 Å². The van der Waals surface area contributed by atoms with Crippen molar-refractivity contribution in [1.82, 2.24) is 10.3 Å². The highest BCUT2D eigenvalue weighted by Crippen LogP contribution is 2.24. The first-order valence-corrected chi connectivity index (χ1v) is 8.33. The van der Waals surface area contributed by atoms with E-state index >= 15 is 0 Å². The van der Waals surface area contributed by atoms with E-state index in [4.69, 9.17) is 0 Å². The van der Waals surface area contributed by atoms with Crippen LogP contribution in [0.1, 0.15) is 39.3 Å². The number of hydrogen-bond acceptors (Lipinski definition) is 5. The fourth-order valence-corrected chi connectivity index (χ4v) is 3.20. The minimum Gasteiger partial charge on any atom is -0.391 e. The van der Waals surface area contributed by atoms with Crippen molar-refractivity contribution in [2.45, 2.75) is 52.7 Å². The molecule has 4 nitrogen and oxygen atoms in total. The van der Waals surface area contributed by atoms with E-state index < -0.39 is 0 Å². The maximum atomic E-state index is 10.1. The van der Waals surface area contributed by atoms with E-state index in [1.165, 1.54) is 0 Å². The molecule has 1 saturated heterocycles. The van der Waals surface area contributed by atoms with Gasteiger partial charge in [-0.2, -0.15) is 0 Å². The number of hydrogen-bond donors (Lipinski definition) is 2. The lowest BCUT2D eigenvalue weighted by atomic mass is 9.89. The van der Waals surface area contributed by atoms with Crippen LogP contribution in [0.2, 0.25) is 0 Å². The quantitative estimate of drug-likeness (QED) is 0.896. The number of aliphatic hydroxyl groups excluding tert-OH is 1. The van der Waals surface area contributed by atoms with Gasteiger partial charge in [-0.15, -0.1) is 11.3 Å². The van der Waals surface area contributed by atoms with Crippen LogP contribution >= 0.6 is 11.3 Å². The number of thiazole rings is 1. The summed E-state index contributed by atoms with van der Waals surface area (Å²) in [4.78, 5) is 6.92. The fraction of sp³-hybridized carbons (Fsp3) is 0.800. The molecule has 0 bridgehead atoms. The van der Waals surface area contributed by atoms with Crippen molar-refractivity contribution < 1.29 is 5.11 Å². The van der Waals surface area contributed by atoms with Crippen molar-refractivity contribution in [3.8, 4) is 0 Å². The van der Waals surface area contributed by atoms with E-state index in [9.17, 15) is 5.11 Å². The van der Waals surface area contributed by atoms with Crippen LogP contribution in [-0.4, -0.2) is 41.9 Å². The number of rotatable bonds is 4. The first-order chi connectivity index (χ1) is 9.36. The van der Waals surface area contributed by atoms with Crippen molar-refractivity contribution in [3.05, 3.63) is 11.1 Å². The van der Waals surface area contributed by atoms with Crippen LogP contribution in [0.5, 0.6) is 0 Å². The molecule has 1 aromatic rings. The fourth-order valence-electron chi connectivity index (χ4n) is 2.35. The van der Waals surface area contributed by atoms with Crippen LogP contribution < -0.4 is 10.2 Å². The molecular weight excluding hydrogens is 270 g/mol. The molecule has 0 aromatic carbocycles. The van der Waals surface area contributed by atoms with E-state index in [0.29, 0.717) is 12.6 Å². The van der Waals surface area contributed by atoms with Crippen molar-refractivity contribution in [2.24, 2.45) is 5.41 Å². The lowest BCUT2D eigenvalue weighted by Gasteiger charge is -2.34. The summed E-state index contributed by atoms with van der Waals surface area (Å²) in [5, 5.41) is 16.8. The molecule has 2 rings (SSSR count). The molecule has 5 heteroatoms. The largest absolute Gasteiger partial charge is 0.391 e. The normalized spacial score (nSPS) is 19.4.